The van der Waals surface area contributed by atoms with Gasteiger partial charge in [0.1, 0.15) is 5.60 Å². The maximum absolute atomic E-state index is 12.9. The summed E-state index contributed by atoms with van der Waals surface area (Å²) in [5.41, 5.74) is -0.0228. The third kappa shape index (κ3) is 3.73. The summed E-state index contributed by atoms with van der Waals surface area (Å²) in [4.78, 5) is 12.9. The zero-order valence-corrected chi connectivity index (χ0v) is 17.6. The van der Waals surface area contributed by atoms with Crippen molar-refractivity contribution in [3.05, 3.63) is 12.2 Å². The highest BCUT2D eigenvalue weighted by Gasteiger charge is 2.58. The van der Waals surface area contributed by atoms with E-state index in [1.807, 2.05) is 6.92 Å². The van der Waals surface area contributed by atoms with Gasteiger partial charge in [-0.05, 0) is 102 Å². The Hall–Kier alpha value is -0.830. The average molecular weight is 375 g/mol. The fourth-order valence-electron chi connectivity index (χ4n) is 7.38. The van der Waals surface area contributed by atoms with Crippen LogP contribution in [0.2, 0.25) is 0 Å². The van der Waals surface area contributed by atoms with Crippen molar-refractivity contribution >= 4 is 5.97 Å². The van der Waals surface area contributed by atoms with E-state index < -0.39 is 6.10 Å². The van der Waals surface area contributed by atoms with E-state index in [1.54, 1.807) is 0 Å². The Bertz CT molecular complexity index is 572. The highest BCUT2D eigenvalue weighted by molar-refractivity contribution is 5.74. The molecule has 0 N–H and O–H groups in total. The van der Waals surface area contributed by atoms with Crippen LogP contribution in [0.1, 0.15) is 97.8 Å². The second-order valence-electron chi connectivity index (χ2n) is 10.3. The lowest BCUT2D eigenvalue weighted by Crippen LogP contribution is -2.57. The Morgan fingerprint density at radius 2 is 1.78 bits per heavy atom. The Labute approximate surface area is 165 Å². The summed E-state index contributed by atoms with van der Waals surface area (Å²) >= 11 is 0. The SMILES string of the molecule is CC=CC12CC3CC(C1)CC(OC(C)C(=O)OC1(CC)CCCCC1)(C3)C2. The van der Waals surface area contributed by atoms with Crippen LogP contribution in [-0.4, -0.2) is 23.3 Å². The van der Waals surface area contributed by atoms with Crippen molar-refractivity contribution in [3.8, 4) is 0 Å². The molecule has 0 radical (unpaired) electrons. The molecule has 152 valence electrons. The van der Waals surface area contributed by atoms with Crippen molar-refractivity contribution < 1.29 is 14.3 Å². The van der Waals surface area contributed by atoms with Crippen LogP contribution in [0.25, 0.3) is 0 Å². The lowest BCUT2D eigenvalue weighted by atomic mass is 9.48. The van der Waals surface area contributed by atoms with Crippen molar-refractivity contribution in [3.63, 3.8) is 0 Å². The van der Waals surface area contributed by atoms with E-state index in [0.29, 0.717) is 5.41 Å². The zero-order valence-electron chi connectivity index (χ0n) is 17.6. The van der Waals surface area contributed by atoms with E-state index in [9.17, 15) is 4.79 Å². The first-order valence-electron chi connectivity index (χ1n) is 11.5. The molecule has 5 saturated carbocycles. The van der Waals surface area contributed by atoms with Crippen molar-refractivity contribution in [1.29, 1.82) is 0 Å². The monoisotopic (exact) mass is 374 g/mol. The molecule has 3 atom stereocenters. The molecule has 0 aromatic carbocycles. The predicted octanol–water partition coefficient (Wildman–Crippen LogP) is 5.96. The van der Waals surface area contributed by atoms with E-state index in [-0.39, 0.29) is 17.2 Å². The van der Waals surface area contributed by atoms with Gasteiger partial charge in [0.15, 0.2) is 6.10 Å². The minimum absolute atomic E-state index is 0.103. The molecule has 4 bridgehead atoms. The number of ether oxygens (including phenoxy) is 2. The quantitative estimate of drug-likeness (QED) is 0.425. The van der Waals surface area contributed by atoms with Crippen LogP contribution < -0.4 is 0 Å². The van der Waals surface area contributed by atoms with E-state index in [4.69, 9.17) is 9.47 Å². The van der Waals surface area contributed by atoms with Crippen LogP contribution in [0.4, 0.5) is 0 Å². The van der Waals surface area contributed by atoms with Gasteiger partial charge in [0.2, 0.25) is 0 Å². The number of carbonyl (C=O) groups excluding carboxylic acids is 1. The number of carbonyl (C=O) groups is 1. The molecule has 0 aliphatic heterocycles. The number of hydrogen-bond donors (Lipinski definition) is 0. The van der Waals surface area contributed by atoms with Crippen LogP contribution >= 0.6 is 0 Å². The van der Waals surface area contributed by atoms with Crippen LogP contribution in [-0.2, 0) is 14.3 Å². The normalized spacial score (nSPS) is 41.0. The maximum Gasteiger partial charge on any atom is 0.335 e. The lowest BCUT2D eigenvalue weighted by molar-refractivity contribution is -0.218. The van der Waals surface area contributed by atoms with Gasteiger partial charge in [-0.15, -0.1) is 0 Å². The van der Waals surface area contributed by atoms with E-state index in [0.717, 1.165) is 50.4 Å². The third-order valence-corrected chi connectivity index (χ3v) is 8.06. The molecule has 0 aromatic rings. The molecule has 0 amide bonds. The van der Waals surface area contributed by atoms with E-state index in [2.05, 4.69) is 26.0 Å². The number of allylic oxidation sites excluding steroid dienone is 2. The minimum Gasteiger partial charge on any atom is -0.457 e. The van der Waals surface area contributed by atoms with Gasteiger partial charge in [-0.3, -0.25) is 0 Å². The third-order valence-electron chi connectivity index (χ3n) is 8.06. The first-order chi connectivity index (χ1) is 12.9. The van der Waals surface area contributed by atoms with Crippen molar-refractivity contribution in [2.75, 3.05) is 0 Å². The zero-order chi connectivity index (χ0) is 19.1. The van der Waals surface area contributed by atoms with E-state index >= 15 is 0 Å². The summed E-state index contributed by atoms with van der Waals surface area (Å²) in [7, 11) is 0. The lowest BCUT2D eigenvalue weighted by Gasteiger charge is -2.61. The fourth-order valence-corrected chi connectivity index (χ4v) is 7.38. The highest BCUT2D eigenvalue weighted by atomic mass is 16.6. The molecule has 3 unspecified atom stereocenters. The van der Waals surface area contributed by atoms with E-state index in [1.165, 1.54) is 38.5 Å². The standard InChI is InChI=1S/C24H38O3/c1-4-9-22-13-19-12-20(14-22)16-24(15-19,17-22)26-18(3)21(25)27-23(5-2)10-7-6-8-11-23/h4,9,18-20H,5-8,10-17H2,1-3H3. The predicted molar refractivity (Wildman–Crippen MR) is 107 cm³/mol. The van der Waals surface area contributed by atoms with Gasteiger partial charge in [-0.2, -0.15) is 0 Å². The second-order valence-corrected chi connectivity index (χ2v) is 10.3. The molecular formula is C24H38O3. The van der Waals surface area contributed by atoms with Crippen LogP contribution in [0.5, 0.6) is 0 Å². The molecule has 0 aromatic heterocycles. The molecule has 0 heterocycles. The fraction of sp³-hybridized carbons (Fsp3) is 0.875. The summed E-state index contributed by atoms with van der Waals surface area (Å²) < 4.78 is 12.7. The summed E-state index contributed by atoms with van der Waals surface area (Å²) in [6, 6.07) is 0. The molecule has 3 nitrogen and oxygen atoms in total. The number of rotatable bonds is 6. The van der Waals surface area contributed by atoms with Gasteiger partial charge in [0, 0.05) is 0 Å². The molecule has 0 spiro atoms. The highest BCUT2D eigenvalue weighted by Crippen LogP contribution is 2.63. The minimum atomic E-state index is -0.450. The Balaban J connectivity index is 1.44. The van der Waals surface area contributed by atoms with Gasteiger partial charge in [0.05, 0.1) is 5.60 Å². The average Bonchev–Trinajstić information content (AvgIpc) is 2.60. The van der Waals surface area contributed by atoms with Crippen LogP contribution in [0, 0.1) is 17.3 Å². The Morgan fingerprint density at radius 1 is 1.11 bits per heavy atom. The summed E-state index contributed by atoms with van der Waals surface area (Å²) in [5, 5.41) is 0. The number of esters is 1. The molecule has 5 fully saturated rings. The van der Waals surface area contributed by atoms with Gasteiger partial charge in [-0.1, -0.05) is 25.5 Å². The summed E-state index contributed by atoms with van der Waals surface area (Å²) in [5.74, 6) is 1.41. The van der Waals surface area contributed by atoms with Crippen molar-refractivity contribution in [2.45, 2.75) is 115 Å². The maximum atomic E-state index is 12.9. The smallest absolute Gasteiger partial charge is 0.335 e. The topological polar surface area (TPSA) is 35.5 Å². The summed E-state index contributed by atoms with van der Waals surface area (Å²) in [6.07, 6.45) is 18.2. The number of hydrogen-bond acceptors (Lipinski definition) is 3. The van der Waals surface area contributed by atoms with Gasteiger partial charge >= 0.3 is 5.97 Å². The summed E-state index contributed by atoms with van der Waals surface area (Å²) in [6.45, 7) is 6.22. The van der Waals surface area contributed by atoms with Crippen LogP contribution in [0.15, 0.2) is 12.2 Å². The van der Waals surface area contributed by atoms with Gasteiger partial charge in [-0.25, -0.2) is 4.79 Å². The molecule has 5 rings (SSSR count). The van der Waals surface area contributed by atoms with Crippen molar-refractivity contribution in [1.82, 2.24) is 0 Å². The largest absolute Gasteiger partial charge is 0.457 e. The molecule has 5 aliphatic carbocycles. The van der Waals surface area contributed by atoms with Crippen LogP contribution in [0.3, 0.4) is 0 Å². The van der Waals surface area contributed by atoms with Gasteiger partial charge < -0.3 is 9.47 Å². The Kier molecular flexibility index (Phi) is 5.20. The molecular weight excluding hydrogens is 336 g/mol. The molecule has 0 saturated heterocycles. The van der Waals surface area contributed by atoms with Crippen molar-refractivity contribution in [2.24, 2.45) is 17.3 Å². The first kappa shape index (κ1) is 19.5. The molecule has 3 heteroatoms. The Morgan fingerprint density at radius 3 is 2.37 bits per heavy atom. The molecule has 5 aliphatic rings. The second kappa shape index (κ2) is 7.21. The van der Waals surface area contributed by atoms with Gasteiger partial charge in [0.25, 0.3) is 0 Å². The first-order valence-corrected chi connectivity index (χ1v) is 11.5. The molecule has 27 heavy (non-hydrogen) atoms.